The van der Waals surface area contributed by atoms with Gasteiger partial charge in [-0.2, -0.15) is 5.10 Å². The van der Waals surface area contributed by atoms with Crippen LogP contribution >= 0.6 is 11.6 Å². The van der Waals surface area contributed by atoms with Crippen molar-refractivity contribution in [1.82, 2.24) is 14.3 Å². The average molecular weight is 436 g/mol. The third-order valence-corrected chi connectivity index (χ3v) is 5.47. The normalized spacial score (nSPS) is 12.6. The topological polar surface area (TPSA) is 82.4 Å². The third kappa shape index (κ3) is 3.53. The van der Waals surface area contributed by atoms with Crippen molar-refractivity contribution in [3.63, 3.8) is 0 Å². The summed E-state index contributed by atoms with van der Waals surface area (Å²) >= 11 is 5.96. The number of hydrogen-bond acceptors (Lipinski definition) is 5. The predicted octanol–water partition coefficient (Wildman–Crippen LogP) is 4.22. The van der Waals surface area contributed by atoms with Crippen LogP contribution in [0.5, 0.6) is 0 Å². The molecule has 0 amide bonds. The van der Waals surface area contributed by atoms with E-state index in [0.29, 0.717) is 27.4 Å². The lowest BCUT2D eigenvalue weighted by atomic mass is 10.1. The van der Waals surface area contributed by atoms with Gasteiger partial charge in [0.2, 0.25) is 0 Å². The highest BCUT2D eigenvalue weighted by Crippen LogP contribution is 2.27. The van der Waals surface area contributed by atoms with E-state index >= 15 is 0 Å². The fraction of sp³-hybridized carbons (Fsp3) is 0.130. The van der Waals surface area contributed by atoms with Crippen molar-refractivity contribution in [2.24, 2.45) is 0 Å². The number of aromatic nitrogens is 3. The first-order valence-corrected chi connectivity index (χ1v) is 9.99. The lowest BCUT2D eigenvalue weighted by molar-refractivity contribution is -0.0845. The molecule has 0 radical (unpaired) electrons. The molecular weight excluding hydrogens is 418 g/mol. The monoisotopic (exact) mass is 435 g/mol. The summed E-state index contributed by atoms with van der Waals surface area (Å²) in [6, 6.07) is 16.4. The van der Waals surface area contributed by atoms with Crippen LogP contribution in [-0.4, -0.2) is 32.9 Å². The molecule has 8 heteroatoms. The Hall–Kier alpha value is -3.39. The number of fused-ring (bicyclic) bond motifs is 2. The summed E-state index contributed by atoms with van der Waals surface area (Å²) in [5.74, 6) is 0.606. The molecule has 0 bridgehead atoms. The molecule has 3 aromatic heterocycles. The SMILES string of the molecule is COC(O)Cn1ncc2cc(-n3ccc4oc(-c5ccc(Cl)cc5)cc4c3=O)ccc21. The van der Waals surface area contributed by atoms with E-state index in [0.717, 1.165) is 16.5 Å². The summed E-state index contributed by atoms with van der Waals surface area (Å²) in [6.07, 6.45) is 2.45. The first kappa shape index (κ1) is 19.6. The molecule has 156 valence electrons. The van der Waals surface area contributed by atoms with Gasteiger partial charge in [-0.25, -0.2) is 0 Å². The number of nitrogens with zero attached hydrogens (tertiary/aromatic N) is 3. The van der Waals surface area contributed by atoms with Gasteiger partial charge in [0.05, 0.1) is 23.6 Å². The van der Waals surface area contributed by atoms with Crippen LogP contribution in [0, 0.1) is 0 Å². The van der Waals surface area contributed by atoms with Crippen LogP contribution in [0.25, 0.3) is 38.9 Å². The van der Waals surface area contributed by atoms with E-state index in [1.54, 1.807) is 45.9 Å². The van der Waals surface area contributed by atoms with Crippen molar-refractivity contribution >= 4 is 33.5 Å². The van der Waals surface area contributed by atoms with Crippen LogP contribution in [0.1, 0.15) is 0 Å². The number of aliphatic hydroxyl groups excluding tert-OH is 1. The maximum Gasteiger partial charge on any atom is 0.266 e. The van der Waals surface area contributed by atoms with Gasteiger partial charge in [0.15, 0.2) is 6.29 Å². The highest BCUT2D eigenvalue weighted by Gasteiger charge is 2.13. The van der Waals surface area contributed by atoms with Crippen LogP contribution in [0.4, 0.5) is 0 Å². The molecular formula is C23H18ClN3O4. The van der Waals surface area contributed by atoms with Crippen molar-refractivity contribution in [2.75, 3.05) is 7.11 Å². The number of hydrogen-bond donors (Lipinski definition) is 1. The Kier molecular flexibility index (Phi) is 4.86. The maximum atomic E-state index is 13.2. The Balaban J connectivity index is 1.55. The number of halogens is 1. The molecule has 0 aliphatic carbocycles. The van der Waals surface area contributed by atoms with Crippen LogP contribution < -0.4 is 5.56 Å². The van der Waals surface area contributed by atoms with Gasteiger partial charge in [0.25, 0.3) is 5.56 Å². The van der Waals surface area contributed by atoms with Gasteiger partial charge in [-0.1, -0.05) is 11.6 Å². The molecule has 5 rings (SSSR count). The van der Waals surface area contributed by atoms with Crippen LogP contribution in [0.2, 0.25) is 5.02 Å². The first-order chi connectivity index (χ1) is 15.0. The van der Waals surface area contributed by atoms with E-state index in [2.05, 4.69) is 5.10 Å². The van der Waals surface area contributed by atoms with Crippen LogP contribution in [0.3, 0.4) is 0 Å². The minimum atomic E-state index is -0.941. The molecule has 0 fully saturated rings. The predicted molar refractivity (Wildman–Crippen MR) is 119 cm³/mol. The number of aliphatic hydroxyl groups is 1. The molecule has 0 saturated heterocycles. The average Bonchev–Trinajstić information content (AvgIpc) is 3.39. The molecule has 0 aliphatic heterocycles. The Labute approximate surface area is 181 Å². The summed E-state index contributed by atoms with van der Waals surface area (Å²) in [5.41, 5.74) is 2.73. The molecule has 7 nitrogen and oxygen atoms in total. The zero-order valence-electron chi connectivity index (χ0n) is 16.5. The largest absolute Gasteiger partial charge is 0.456 e. The van der Waals surface area contributed by atoms with Crippen LogP contribution in [-0.2, 0) is 11.3 Å². The number of methoxy groups -OCH3 is 1. The van der Waals surface area contributed by atoms with Gasteiger partial charge in [0.1, 0.15) is 11.3 Å². The van der Waals surface area contributed by atoms with Gasteiger partial charge >= 0.3 is 0 Å². The zero-order chi connectivity index (χ0) is 21.5. The van der Waals surface area contributed by atoms with E-state index in [-0.39, 0.29) is 12.1 Å². The molecule has 5 aromatic rings. The third-order valence-electron chi connectivity index (χ3n) is 5.22. The molecule has 3 heterocycles. The minimum absolute atomic E-state index is 0.178. The summed E-state index contributed by atoms with van der Waals surface area (Å²) in [5, 5.41) is 16.0. The Bertz CT molecular complexity index is 1450. The van der Waals surface area contributed by atoms with E-state index in [9.17, 15) is 9.90 Å². The molecule has 2 aromatic carbocycles. The smallest absolute Gasteiger partial charge is 0.266 e. The Morgan fingerprint density at radius 2 is 1.97 bits per heavy atom. The van der Waals surface area contributed by atoms with Crippen molar-refractivity contribution in [3.05, 3.63) is 82.4 Å². The Morgan fingerprint density at radius 3 is 2.74 bits per heavy atom. The minimum Gasteiger partial charge on any atom is -0.456 e. The second-order valence-corrected chi connectivity index (χ2v) is 7.58. The van der Waals surface area contributed by atoms with Crippen LogP contribution in [0.15, 0.2) is 76.2 Å². The maximum absolute atomic E-state index is 13.2. The van der Waals surface area contributed by atoms with Gasteiger partial charge in [-0.15, -0.1) is 0 Å². The van der Waals surface area contributed by atoms with E-state index in [1.807, 2.05) is 30.3 Å². The lowest BCUT2D eigenvalue weighted by Crippen LogP contribution is -2.18. The highest BCUT2D eigenvalue weighted by atomic mass is 35.5. The molecule has 31 heavy (non-hydrogen) atoms. The van der Waals surface area contributed by atoms with Gasteiger partial charge < -0.3 is 14.3 Å². The van der Waals surface area contributed by atoms with Gasteiger partial charge in [-0.3, -0.25) is 14.0 Å². The second-order valence-electron chi connectivity index (χ2n) is 7.15. The van der Waals surface area contributed by atoms with E-state index in [4.69, 9.17) is 20.8 Å². The van der Waals surface area contributed by atoms with Crippen molar-refractivity contribution < 1.29 is 14.3 Å². The van der Waals surface area contributed by atoms with Crippen molar-refractivity contribution in [3.8, 4) is 17.0 Å². The zero-order valence-corrected chi connectivity index (χ0v) is 17.3. The fourth-order valence-electron chi connectivity index (χ4n) is 3.59. The summed E-state index contributed by atoms with van der Waals surface area (Å²) in [6.45, 7) is 0.216. The van der Waals surface area contributed by atoms with Gasteiger partial charge in [-0.05, 0) is 54.6 Å². The molecule has 0 aliphatic rings. The highest BCUT2D eigenvalue weighted by molar-refractivity contribution is 6.30. The molecule has 1 atom stereocenters. The number of rotatable bonds is 5. The molecule has 0 spiro atoms. The molecule has 0 saturated carbocycles. The summed E-state index contributed by atoms with van der Waals surface area (Å²) in [4.78, 5) is 13.2. The summed E-state index contributed by atoms with van der Waals surface area (Å²) in [7, 11) is 1.44. The van der Waals surface area contributed by atoms with Crippen molar-refractivity contribution in [1.29, 1.82) is 0 Å². The fourth-order valence-corrected chi connectivity index (χ4v) is 3.71. The standard InChI is InChI=1S/C23H18ClN3O4/c1-30-22(28)13-27-19-7-6-17(10-15(19)12-25-27)26-9-8-20-18(23(26)29)11-21(31-20)14-2-4-16(24)5-3-14/h2-12,22,28H,13H2,1H3. The summed E-state index contributed by atoms with van der Waals surface area (Å²) < 4.78 is 14.0. The quantitative estimate of drug-likeness (QED) is 0.418. The second kappa shape index (κ2) is 7.70. The first-order valence-electron chi connectivity index (χ1n) is 9.61. The van der Waals surface area contributed by atoms with Gasteiger partial charge in [0, 0.05) is 35.0 Å². The molecule has 1 N–H and O–H groups in total. The Morgan fingerprint density at radius 1 is 1.16 bits per heavy atom. The lowest BCUT2D eigenvalue weighted by Gasteiger charge is -2.10. The molecule has 1 unspecified atom stereocenters. The number of pyridine rings is 1. The number of furan rings is 1. The number of benzene rings is 2. The van der Waals surface area contributed by atoms with Crippen molar-refractivity contribution in [2.45, 2.75) is 12.8 Å². The van der Waals surface area contributed by atoms with E-state index in [1.165, 1.54) is 7.11 Å². The number of ether oxygens (including phenoxy) is 1. The van der Waals surface area contributed by atoms with E-state index < -0.39 is 6.29 Å².